The molecular weight excluding hydrogens is 516 g/mol. The first-order chi connectivity index (χ1) is 17.7. The molecule has 2 amide bonds. The van der Waals surface area contributed by atoms with Crippen LogP contribution in [-0.2, 0) is 4.79 Å². The molecule has 0 unspecified atom stereocenters. The van der Waals surface area contributed by atoms with Crippen molar-refractivity contribution in [1.82, 2.24) is 0 Å². The van der Waals surface area contributed by atoms with Crippen LogP contribution in [0, 0.1) is 0 Å². The number of aromatic carboxylic acids is 2. The van der Waals surface area contributed by atoms with E-state index in [1.807, 2.05) is 0 Å². The van der Waals surface area contributed by atoms with Gasteiger partial charge >= 0.3 is 11.9 Å². The standard InChI is InChI=1S/C27H19ClN2O6S/c28-21-12-7-16(26(33)34)13-22(21)30-23(31)14-37-18-10-8-17(9-11-18)29-25(32)19-5-1-3-15-4-2-6-20(24(15)19)27(35)36/h1-13H,14H2,(H,29,32)(H,30,31)(H,33,34)(H,35,36). The van der Waals surface area contributed by atoms with Crippen LogP contribution >= 0.6 is 23.4 Å². The summed E-state index contributed by atoms with van der Waals surface area (Å²) in [6, 6.07) is 20.7. The van der Waals surface area contributed by atoms with Crippen molar-refractivity contribution in [3.05, 3.63) is 101 Å². The van der Waals surface area contributed by atoms with Crippen molar-refractivity contribution >= 4 is 69.3 Å². The zero-order chi connectivity index (χ0) is 26.5. The smallest absolute Gasteiger partial charge is 0.336 e. The maximum atomic E-state index is 13.0. The minimum atomic E-state index is -1.13. The summed E-state index contributed by atoms with van der Waals surface area (Å²) in [6.07, 6.45) is 0. The van der Waals surface area contributed by atoms with E-state index in [1.165, 1.54) is 36.0 Å². The number of benzene rings is 4. The van der Waals surface area contributed by atoms with Crippen molar-refractivity contribution in [2.45, 2.75) is 4.90 Å². The molecule has 0 aliphatic heterocycles. The maximum absolute atomic E-state index is 13.0. The lowest BCUT2D eigenvalue weighted by atomic mass is 9.98. The van der Waals surface area contributed by atoms with E-state index in [0.29, 0.717) is 16.5 Å². The van der Waals surface area contributed by atoms with Gasteiger partial charge in [-0.15, -0.1) is 11.8 Å². The minimum Gasteiger partial charge on any atom is -0.478 e. The molecular formula is C27H19ClN2O6S. The molecule has 37 heavy (non-hydrogen) atoms. The molecule has 0 bridgehead atoms. The first-order valence-electron chi connectivity index (χ1n) is 10.8. The number of anilines is 2. The number of carbonyl (C=O) groups is 4. The van der Waals surface area contributed by atoms with Crippen molar-refractivity contribution in [2.24, 2.45) is 0 Å². The summed E-state index contributed by atoms with van der Waals surface area (Å²) in [5.41, 5.74) is 1.01. The number of halogens is 1. The number of nitrogens with one attached hydrogen (secondary N) is 2. The molecule has 0 fully saturated rings. The van der Waals surface area contributed by atoms with Crippen molar-refractivity contribution in [1.29, 1.82) is 0 Å². The Kier molecular flexibility index (Phi) is 7.76. The third kappa shape index (κ3) is 6.08. The number of hydrogen-bond acceptors (Lipinski definition) is 5. The van der Waals surface area contributed by atoms with Gasteiger partial charge in [0.05, 0.1) is 27.6 Å². The number of thioether (sulfide) groups is 1. The van der Waals surface area contributed by atoms with Gasteiger partial charge in [-0.2, -0.15) is 0 Å². The molecule has 0 aliphatic rings. The Balaban J connectivity index is 1.40. The van der Waals surface area contributed by atoms with E-state index in [4.69, 9.17) is 16.7 Å². The molecule has 0 saturated carbocycles. The van der Waals surface area contributed by atoms with Crippen molar-refractivity contribution in [3.8, 4) is 0 Å². The molecule has 0 saturated heterocycles. The van der Waals surface area contributed by atoms with Crippen molar-refractivity contribution in [2.75, 3.05) is 16.4 Å². The quantitative estimate of drug-likeness (QED) is 0.208. The van der Waals surface area contributed by atoms with E-state index < -0.39 is 17.8 Å². The lowest BCUT2D eigenvalue weighted by Crippen LogP contribution is -2.15. The Morgan fingerprint density at radius 3 is 2.11 bits per heavy atom. The highest BCUT2D eigenvalue weighted by atomic mass is 35.5. The van der Waals surface area contributed by atoms with Gasteiger partial charge in [0.25, 0.3) is 5.91 Å². The highest BCUT2D eigenvalue weighted by Gasteiger charge is 2.17. The average Bonchev–Trinajstić information content (AvgIpc) is 2.88. The third-order valence-electron chi connectivity index (χ3n) is 5.35. The Labute approximate surface area is 220 Å². The van der Waals surface area contributed by atoms with Gasteiger partial charge in [0.2, 0.25) is 5.91 Å². The summed E-state index contributed by atoms with van der Waals surface area (Å²) in [7, 11) is 0. The van der Waals surface area contributed by atoms with Crippen molar-refractivity contribution < 1.29 is 29.4 Å². The molecule has 10 heteroatoms. The number of rotatable bonds is 8. The second-order valence-corrected chi connectivity index (χ2v) is 9.29. The van der Waals surface area contributed by atoms with E-state index in [2.05, 4.69) is 10.6 Å². The average molecular weight is 535 g/mol. The fourth-order valence-corrected chi connectivity index (χ4v) is 4.49. The van der Waals surface area contributed by atoms with Gasteiger partial charge in [-0.3, -0.25) is 9.59 Å². The van der Waals surface area contributed by atoms with Crippen LogP contribution in [0.15, 0.2) is 83.8 Å². The van der Waals surface area contributed by atoms with Crippen molar-refractivity contribution in [3.63, 3.8) is 0 Å². The SMILES string of the molecule is O=C(CSc1ccc(NC(=O)c2cccc3cccc(C(=O)O)c23)cc1)Nc1cc(C(=O)O)ccc1Cl. The minimum absolute atomic E-state index is 0.00710. The zero-order valence-corrected chi connectivity index (χ0v) is 20.6. The molecule has 4 aromatic rings. The second-order valence-electron chi connectivity index (χ2n) is 7.83. The van der Waals surface area contributed by atoms with Crippen LogP contribution in [0.2, 0.25) is 5.02 Å². The predicted octanol–water partition coefficient (Wildman–Crippen LogP) is 5.87. The van der Waals surface area contributed by atoms with Gasteiger partial charge in [0.1, 0.15) is 0 Å². The summed E-state index contributed by atoms with van der Waals surface area (Å²) < 4.78 is 0. The molecule has 4 aromatic carbocycles. The monoisotopic (exact) mass is 534 g/mol. The molecule has 4 rings (SSSR count). The Bertz CT molecular complexity index is 1530. The van der Waals surface area contributed by atoms with E-state index in [1.54, 1.807) is 54.6 Å². The number of fused-ring (bicyclic) bond motifs is 1. The molecule has 186 valence electrons. The highest BCUT2D eigenvalue weighted by Crippen LogP contribution is 2.27. The fourth-order valence-electron chi connectivity index (χ4n) is 3.63. The third-order valence-corrected chi connectivity index (χ3v) is 6.69. The van der Waals surface area contributed by atoms with Crippen LogP contribution in [0.25, 0.3) is 10.8 Å². The number of hydrogen-bond donors (Lipinski definition) is 4. The van der Waals surface area contributed by atoms with Crippen LogP contribution in [0.4, 0.5) is 11.4 Å². The van der Waals surface area contributed by atoms with Crippen LogP contribution < -0.4 is 10.6 Å². The topological polar surface area (TPSA) is 133 Å². The molecule has 0 radical (unpaired) electrons. The lowest BCUT2D eigenvalue weighted by molar-refractivity contribution is -0.113. The van der Waals surface area contributed by atoms with E-state index in [0.717, 1.165) is 4.90 Å². The molecule has 4 N–H and O–H groups in total. The number of amides is 2. The van der Waals surface area contributed by atoms with E-state index >= 15 is 0 Å². The summed E-state index contributed by atoms with van der Waals surface area (Å²) in [5.74, 6) is -3.01. The number of carboxylic acid groups (broad SMARTS) is 2. The number of carboxylic acids is 2. The Morgan fingerprint density at radius 2 is 1.46 bits per heavy atom. The number of carbonyl (C=O) groups excluding carboxylic acids is 2. The predicted molar refractivity (Wildman–Crippen MR) is 143 cm³/mol. The summed E-state index contributed by atoms with van der Waals surface area (Å²) in [4.78, 5) is 48.8. The summed E-state index contributed by atoms with van der Waals surface area (Å²) >= 11 is 7.29. The second kappa shape index (κ2) is 11.2. The maximum Gasteiger partial charge on any atom is 0.336 e. The van der Waals surface area contributed by atoms with Gasteiger partial charge < -0.3 is 20.8 Å². The summed E-state index contributed by atoms with van der Waals surface area (Å²) in [6.45, 7) is 0. The van der Waals surface area contributed by atoms with Crippen LogP contribution in [0.3, 0.4) is 0 Å². The van der Waals surface area contributed by atoms with Gasteiger partial charge in [-0.1, -0.05) is 35.9 Å². The van der Waals surface area contributed by atoms with E-state index in [-0.39, 0.29) is 39.1 Å². The van der Waals surface area contributed by atoms with Gasteiger partial charge in [-0.25, -0.2) is 9.59 Å². The molecule has 0 heterocycles. The molecule has 0 spiro atoms. The zero-order valence-electron chi connectivity index (χ0n) is 19.0. The molecule has 0 aliphatic carbocycles. The van der Waals surface area contributed by atoms with Crippen LogP contribution in [0.1, 0.15) is 31.1 Å². The summed E-state index contributed by atoms with van der Waals surface area (Å²) in [5, 5.41) is 25.3. The molecule has 0 aromatic heterocycles. The fraction of sp³-hybridized carbons (Fsp3) is 0.0370. The largest absolute Gasteiger partial charge is 0.478 e. The Hall–Kier alpha value is -4.34. The van der Waals surface area contributed by atoms with Gasteiger partial charge in [-0.05, 0) is 60.0 Å². The molecule has 0 atom stereocenters. The lowest BCUT2D eigenvalue weighted by Gasteiger charge is -2.11. The first-order valence-corrected chi connectivity index (χ1v) is 12.2. The van der Waals surface area contributed by atoms with Gasteiger partial charge in [0, 0.05) is 21.5 Å². The van der Waals surface area contributed by atoms with Gasteiger partial charge in [0.15, 0.2) is 0 Å². The molecule has 8 nitrogen and oxygen atoms in total. The van der Waals surface area contributed by atoms with Crippen LogP contribution in [-0.4, -0.2) is 39.7 Å². The Morgan fingerprint density at radius 1 is 0.784 bits per heavy atom. The highest BCUT2D eigenvalue weighted by molar-refractivity contribution is 8.00. The van der Waals surface area contributed by atoms with Crippen LogP contribution in [0.5, 0.6) is 0 Å². The normalized spacial score (nSPS) is 10.6. The van der Waals surface area contributed by atoms with E-state index in [9.17, 15) is 24.3 Å². The first kappa shape index (κ1) is 25.7.